The molecule has 0 atom stereocenters. The Balaban J connectivity index is 2.83. The van der Waals surface area contributed by atoms with Crippen LogP contribution in [0, 0.1) is 0 Å². The molecule has 0 aliphatic carbocycles. The molecule has 0 bridgehead atoms. The number of carbonyl (C=O) groups is 1. The minimum Gasteiger partial charge on any atom is -0.467 e. The smallest absolute Gasteiger partial charge is 0.330 e. The fourth-order valence-corrected chi connectivity index (χ4v) is 1.26. The van der Waals surface area contributed by atoms with Gasteiger partial charge in [0.25, 0.3) is 0 Å². The molecule has 0 unspecified atom stereocenters. The predicted molar refractivity (Wildman–Crippen MR) is 59.9 cm³/mol. The lowest BCUT2D eigenvalue weighted by Crippen LogP contribution is -2.41. The van der Waals surface area contributed by atoms with Crippen molar-refractivity contribution in [1.29, 1.82) is 0 Å². The minimum atomic E-state index is -0.851. The van der Waals surface area contributed by atoms with E-state index in [4.69, 9.17) is 5.11 Å². The number of aliphatic hydroxyl groups is 1. The number of ether oxygens (including phenoxy) is 1. The Morgan fingerprint density at radius 3 is 2.81 bits per heavy atom. The molecule has 0 aliphatic heterocycles. The summed E-state index contributed by atoms with van der Waals surface area (Å²) >= 11 is 0. The fraction of sp³-hybridized carbons (Fsp3) is 0.455. The SMILES string of the molecule is COC(=O)C(C)(C)Nc1cccc(CO)n1. The van der Waals surface area contributed by atoms with Gasteiger partial charge in [-0.3, -0.25) is 0 Å². The number of esters is 1. The first kappa shape index (κ1) is 12.4. The molecule has 0 saturated heterocycles. The normalized spacial score (nSPS) is 11.0. The van der Waals surface area contributed by atoms with Gasteiger partial charge in [0.2, 0.25) is 0 Å². The van der Waals surface area contributed by atoms with E-state index in [1.54, 1.807) is 32.0 Å². The monoisotopic (exact) mass is 224 g/mol. The summed E-state index contributed by atoms with van der Waals surface area (Å²) in [6.07, 6.45) is 0. The van der Waals surface area contributed by atoms with Crippen molar-refractivity contribution in [2.75, 3.05) is 12.4 Å². The van der Waals surface area contributed by atoms with E-state index < -0.39 is 5.54 Å². The molecule has 0 aliphatic rings. The van der Waals surface area contributed by atoms with Gasteiger partial charge in [-0.15, -0.1) is 0 Å². The van der Waals surface area contributed by atoms with Gasteiger partial charge in [0.05, 0.1) is 19.4 Å². The molecular formula is C11H16N2O3. The van der Waals surface area contributed by atoms with Crippen LogP contribution in [0.4, 0.5) is 5.82 Å². The molecule has 5 nitrogen and oxygen atoms in total. The lowest BCUT2D eigenvalue weighted by atomic mass is 10.1. The number of nitrogens with one attached hydrogen (secondary N) is 1. The molecule has 0 fully saturated rings. The van der Waals surface area contributed by atoms with E-state index in [9.17, 15) is 4.79 Å². The average Bonchev–Trinajstić information content (AvgIpc) is 2.27. The summed E-state index contributed by atoms with van der Waals surface area (Å²) in [5.74, 6) is 0.158. The predicted octanol–water partition coefficient (Wildman–Crippen LogP) is 0.937. The Kier molecular flexibility index (Phi) is 3.84. The van der Waals surface area contributed by atoms with Crippen molar-refractivity contribution >= 4 is 11.8 Å². The van der Waals surface area contributed by atoms with E-state index in [-0.39, 0.29) is 12.6 Å². The summed E-state index contributed by atoms with van der Waals surface area (Å²) in [6, 6.07) is 5.19. The van der Waals surface area contributed by atoms with Gasteiger partial charge < -0.3 is 15.2 Å². The molecular weight excluding hydrogens is 208 g/mol. The van der Waals surface area contributed by atoms with Crippen LogP contribution in [-0.2, 0) is 16.1 Å². The van der Waals surface area contributed by atoms with Gasteiger partial charge in [-0.2, -0.15) is 0 Å². The van der Waals surface area contributed by atoms with Crippen molar-refractivity contribution in [3.8, 4) is 0 Å². The van der Waals surface area contributed by atoms with Gasteiger partial charge in [-0.1, -0.05) is 6.07 Å². The van der Waals surface area contributed by atoms with Gasteiger partial charge in [0.1, 0.15) is 11.4 Å². The molecule has 16 heavy (non-hydrogen) atoms. The number of hydrogen-bond acceptors (Lipinski definition) is 5. The Labute approximate surface area is 94.5 Å². The van der Waals surface area contributed by atoms with E-state index in [0.29, 0.717) is 11.5 Å². The topological polar surface area (TPSA) is 71.5 Å². The van der Waals surface area contributed by atoms with Crippen molar-refractivity contribution in [2.45, 2.75) is 26.0 Å². The quantitative estimate of drug-likeness (QED) is 0.745. The molecule has 88 valence electrons. The Morgan fingerprint density at radius 1 is 1.56 bits per heavy atom. The van der Waals surface area contributed by atoms with E-state index in [1.807, 2.05) is 0 Å². The molecule has 2 N–H and O–H groups in total. The standard InChI is InChI=1S/C11H16N2O3/c1-11(2,10(15)16-3)13-9-6-4-5-8(7-14)12-9/h4-6,14H,7H2,1-3H3,(H,12,13). The van der Waals surface area contributed by atoms with E-state index in [1.165, 1.54) is 7.11 Å². The first-order valence-electron chi connectivity index (χ1n) is 4.93. The Hall–Kier alpha value is -1.62. The summed E-state index contributed by atoms with van der Waals surface area (Å²) in [4.78, 5) is 15.6. The maximum Gasteiger partial charge on any atom is 0.330 e. The molecule has 0 spiro atoms. The van der Waals surface area contributed by atoms with Crippen LogP contribution in [0.25, 0.3) is 0 Å². The largest absolute Gasteiger partial charge is 0.467 e. The van der Waals surface area contributed by atoms with Gasteiger partial charge in [0, 0.05) is 0 Å². The number of aliphatic hydroxyl groups excluding tert-OH is 1. The van der Waals surface area contributed by atoms with Gasteiger partial charge in [-0.25, -0.2) is 9.78 Å². The average molecular weight is 224 g/mol. The second-order valence-corrected chi connectivity index (χ2v) is 3.91. The maximum atomic E-state index is 11.4. The van der Waals surface area contributed by atoms with Crippen molar-refractivity contribution in [2.24, 2.45) is 0 Å². The highest BCUT2D eigenvalue weighted by Crippen LogP contribution is 2.14. The lowest BCUT2D eigenvalue weighted by molar-refractivity contribution is -0.144. The first-order valence-corrected chi connectivity index (χ1v) is 4.93. The number of carbonyl (C=O) groups excluding carboxylic acids is 1. The molecule has 0 saturated carbocycles. The van der Waals surface area contributed by atoms with Gasteiger partial charge in [-0.05, 0) is 26.0 Å². The lowest BCUT2D eigenvalue weighted by Gasteiger charge is -2.23. The van der Waals surface area contributed by atoms with Crippen LogP contribution in [0.3, 0.4) is 0 Å². The Morgan fingerprint density at radius 2 is 2.25 bits per heavy atom. The van der Waals surface area contributed by atoms with Crippen molar-refractivity contribution < 1.29 is 14.6 Å². The maximum absolute atomic E-state index is 11.4. The van der Waals surface area contributed by atoms with Gasteiger partial charge >= 0.3 is 5.97 Å². The van der Waals surface area contributed by atoms with Crippen LogP contribution in [0.5, 0.6) is 0 Å². The second-order valence-electron chi connectivity index (χ2n) is 3.91. The number of aromatic nitrogens is 1. The molecule has 0 radical (unpaired) electrons. The number of pyridine rings is 1. The van der Waals surface area contributed by atoms with Crippen molar-refractivity contribution in [3.05, 3.63) is 23.9 Å². The third-order valence-electron chi connectivity index (χ3n) is 2.11. The van der Waals surface area contributed by atoms with Crippen LogP contribution in [0.15, 0.2) is 18.2 Å². The summed E-state index contributed by atoms with van der Waals surface area (Å²) in [6.45, 7) is 3.27. The third-order valence-corrected chi connectivity index (χ3v) is 2.11. The summed E-state index contributed by atoms with van der Waals surface area (Å²) < 4.78 is 4.67. The number of hydrogen-bond donors (Lipinski definition) is 2. The number of methoxy groups -OCH3 is 1. The fourth-order valence-electron chi connectivity index (χ4n) is 1.26. The van der Waals surface area contributed by atoms with Crippen LogP contribution in [0.1, 0.15) is 19.5 Å². The first-order chi connectivity index (χ1) is 7.49. The highest BCUT2D eigenvalue weighted by molar-refractivity contribution is 5.83. The molecule has 1 rings (SSSR count). The third kappa shape index (κ3) is 2.93. The number of anilines is 1. The molecule has 0 amide bonds. The van der Waals surface area contributed by atoms with E-state index >= 15 is 0 Å². The highest BCUT2D eigenvalue weighted by atomic mass is 16.5. The molecule has 1 aromatic rings. The second kappa shape index (κ2) is 4.94. The van der Waals surface area contributed by atoms with Crippen molar-refractivity contribution in [1.82, 2.24) is 4.98 Å². The molecule has 1 aromatic heterocycles. The number of rotatable bonds is 4. The molecule has 5 heteroatoms. The van der Waals surface area contributed by atoms with E-state index in [0.717, 1.165) is 0 Å². The van der Waals surface area contributed by atoms with Crippen LogP contribution < -0.4 is 5.32 Å². The van der Waals surface area contributed by atoms with Crippen molar-refractivity contribution in [3.63, 3.8) is 0 Å². The highest BCUT2D eigenvalue weighted by Gasteiger charge is 2.28. The van der Waals surface area contributed by atoms with Gasteiger partial charge in [0.15, 0.2) is 0 Å². The molecule has 1 heterocycles. The summed E-state index contributed by atoms with van der Waals surface area (Å²) in [7, 11) is 1.34. The molecule has 0 aromatic carbocycles. The van der Waals surface area contributed by atoms with Crippen LogP contribution in [-0.4, -0.2) is 28.7 Å². The summed E-state index contributed by atoms with van der Waals surface area (Å²) in [5, 5.41) is 11.9. The minimum absolute atomic E-state index is 0.131. The number of nitrogens with zero attached hydrogens (tertiary/aromatic N) is 1. The Bertz CT molecular complexity index is 377. The zero-order chi connectivity index (χ0) is 12.2. The van der Waals surface area contributed by atoms with Crippen LogP contribution in [0.2, 0.25) is 0 Å². The van der Waals surface area contributed by atoms with E-state index in [2.05, 4.69) is 15.0 Å². The van der Waals surface area contributed by atoms with Crippen LogP contribution >= 0.6 is 0 Å². The zero-order valence-corrected chi connectivity index (χ0v) is 9.65. The summed E-state index contributed by atoms with van der Waals surface area (Å²) in [5.41, 5.74) is -0.304. The zero-order valence-electron chi connectivity index (χ0n) is 9.65.